The smallest absolute Gasteiger partial charge is 0.309 e. The lowest BCUT2D eigenvalue weighted by atomic mass is 9.79. The highest BCUT2D eigenvalue weighted by atomic mass is 32.2. The fourth-order valence-electron chi connectivity index (χ4n) is 5.68. The van der Waals surface area contributed by atoms with Crippen LogP contribution in [-0.2, 0) is 31.6 Å². The second kappa shape index (κ2) is 14.2. The van der Waals surface area contributed by atoms with Crippen molar-refractivity contribution < 1.29 is 17.9 Å². The van der Waals surface area contributed by atoms with Gasteiger partial charge in [-0.1, -0.05) is 92.7 Å². The summed E-state index contributed by atoms with van der Waals surface area (Å²) in [5, 5.41) is 3.57. The third-order valence-corrected chi connectivity index (χ3v) is 9.97. The van der Waals surface area contributed by atoms with Gasteiger partial charge in [0.05, 0.1) is 17.0 Å². The molecule has 0 bridgehead atoms. The molecular weight excluding hydrogens is 534 g/mol. The average molecular weight is 578 g/mol. The Morgan fingerprint density at radius 2 is 1.61 bits per heavy atom. The lowest BCUT2D eigenvalue weighted by Crippen LogP contribution is -2.53. The molecule has 3 aromatic carbocycles. The molecule has 220 valence electrons. The highest BCUT2D eigenvalue weighted by Gasteiger charge is 2.36. The van der Waals surface area contributed by atoms with E-state index in [1.165, 1.54) is 4.31 Å². The monoisotopic (exact) mass is 577 g/mol. The zero-order valence-electron chi connectivity index (χ0n) is 24.4. The quantitative estimate of drug-likeness (QED) is 0.287. The van der Waals surface area contributed by atoms with Crippen LogP contribution in [0.25, 0.3) is 0 Å². The molecule has 4 rings (SSSR count). The molecule has 41 heavy (non-hydrogen) atoms. The Hall–Kier alpha value is -3.04. The summed E-state index contributed by atoms with van der Waals surface area (Å²) in [6, 6.07) is 28.5. The topological polar surface area (TPSA) is 79.0 Å². The molecule has 1 fully saturated rings. The van der Waals surface area contributed by atoms with Gasteiger partial charge in [-0.15, -0.1) is 0 Å². The van der Waals surface area contributed by atoms with Gasteiger partial charge in [-0.2, -0.15) is 0 Å². The van der Waals surface area contributed by atoms with Gasteiger partial charge < -0.3 is 10.1 Å². The summed E-state index contributed by atoms with van der Waals surface area (Å²) in [5.74, 6) is -0.292. The van der Waals surface area contributed by atoms with Crippen molar-refractivity contribution in [3.05, 3.63) is 102 Å². The normalized spacial score (nSPS) is 19.5. The van der Waals surface area contributed by atoms with Crippen LogP contribution in [0, 0.1) is 5.92 Å². The van der Waals surface area contributed by atoms with Crippen LogP contribution in [0.3, 0.4) is 0 Å². The third-order valence-electron chi connectivity index (χ3n) is 8.15. The largest absolute Gasteiger partial charge is 0.461 e. The molecule has 1 aliphatic rings. The molecule has 3 atom stereocenters. The zero-order valence-corrected chi connectivity index (χ0v) is 25.2. The predicted molar refractivity (Wildman–Crippen MR) is 163 cm³/mol. The number of carbonyl (C=O) groups excluding carboxylic acids is 1. The molecule has 0 amide bonds. The van der Waals surface area contributed by atoms with Crippen molar-refractivity contribution in [3.63, 3.8) is 0 Å². The molecular formula is C33H43N3O4S. The SMILES string of the molecule is CCN[C@H]1CC(C(=O)OCc2ccccc2)CCN1CC[C@](C)(CN(C)S(=O)(=O)c1ccccc1)c1ccccc1. The number of sulfonamides is 1. The molecule has 1 heterocycles. The zero-order chi connectivity index (χ0) is 29.3. The number of hydrogen-bond acceptors (Lipinski definition) is 6. The van der Waals surface area contributed by atoms with Crippen molar-refractivity contribution in [2.45, 2.75) is 56.2 Å². The number of rotatable bonds is 13. The summed E-state index contributed by atoms with van der Waals surface area (Å²) in [7, 11) is -1.96. The van der Waals surface area contributed by atoms with E-state index in [0.717, 1.165) is 43.6 Å². The third kappa shape index (κ3) is 8.04. The second-order valence-electron chi connectivity index (χ2n) is 11.2. The number of nitrogens with one attached hydrogen (secondary N) is 1. The Labute approximate surface area is 245 Å². The number of likely N-dealkylation sites (tertiary alicyclic amines) is 1. The lowest BCUT2D eigenvalue weighted by molar-refractivity contribution is -0.152. The number of likely N-dealkylation sites (N-methyl/N-ethyl adjacent to an activating group) is 1. The maximum Gasteiger partial charge on any atom is 0.309 e. The average Bonchev–Trinajstić information content (AvgIpc) is 3.00. The van der Waals surface area contributed by atoms with Crippen LogP contribution in [0.1, 0.15) is 44.2 Å². The first-order chi connectivity index (χ1) is 19.7. The van der Waals surface area contributed by atoms with Crippen molar-refractivity contribution >= 4 is 16.0 Å². The molecule has 8 heteroatoms. The van der Waals surface area contributed by atoms with Gasteiger partial charge in [-0.25, -0.2) is 12.7 Å². The minimum absolute atomic E-state index is 0.0498. The first-order valence-corrected chi connectivity index (χ1v) is 15.9. The number of carbonyl (C=O) groups is 1. The summed E-state index contributed by atoms with van der Waals surface area (Å²) in [5.41, 5.74) is 1.68. The minimum atomic E-state index is -3.63. The summed E-state index contributed by atoms with van der Waals surface area (Å²) >= 11 is 0. The number of piperidine rings is 1. The molecule has 0 aromatic heterocycles. The van der Waals surface area contributed by atoms with Gasteiger partial charge in [0.2, 0.25) is 10.0 Å². The standard InChI is InChI=1S/C33H43N3O4S/c1-4-34-31-24-28(32(37)40-25-27-14-8-5-9-15-27)20-22-36(31)23-21-33(2,29-16-10-6-11-17-29)26-35(3)41(38,39)30-18-12-7-13-19-30/h5-19,28,31,34H,4,20-26H2,1-3H3/t28?,31-,33-/m1/s1. The van der Waals surface area contributed by atoms with Gasteiger partial charge in [-0.05, 0) is 49.1 Å². The van der Waals surface area contributed by atoms with Crippen LogP contribution < -0.4 is 5.32 Å². The van der Waals surface area contributed by atoms with Gasteiger partial charge in [0.25, 0.3) is 0 Å². The minimum Gasteiger partial charge on any atom is -0.461 e. The van der Waals surface area contributed by atoms with Crippen molar-refractivity contribution in [1.82, 2.24) is 14.5 Å². The number of nitrogens with zero attached hydrogens (tertiary/aromatic N) is 2. The van der Waals surface area contributed by atoms with Crippen molar-refractivity contribution in [2.24, 2.45) is 5.92 Å². The maximum atomic E-state index is 13.4. The van der Waals surface area contributed by atoms with Gasteiger partial charge >= 0.3 is 5.97 Å². The fraction of sp³-hybridized carbons (Fsp3) is 0.424. The fourth-order valence-corrected chi connectivity index (χ4v) is 7.00. The van der Waals surface area contributed by atoms with E-state index in [1.807, 2.05) is 54.6 Å². The van der Waals surface area contributed by atoms with Crippen LogP contribution in [0.5, 0.6) is 0 Å². The van der Waals surface area contributed by atoms with E-state index in [-0.39, 0.29) is 18.1 Å². The van der Waals surface area contributed by atoms with E-state index in [0.29, 0.717) is 24.5 Å². The second-order valence-corrected chi connectivity index (χ2v) is 13.2. The Morgan fingerprint density at radius 1 is 1.00 bits per heavy atom. The molecule has 1 saturated heterocycles. The molecule has 3 aromatic rings. The van der Waals surface area contributed by atoms with Gasteiger partial charge in [0.15, 0.2) is 0 Å². The Balaban J connectivity index is 1.44. The molecule has 7 nitrogen and oxygen atoms in total. The van der Waals surface area contributed by atoms with Crippen LogP contribution in [0.15, 0.2) is 95.9 Å². The first-order valence-electron chi connectivity index (χ1n) is 14.5. The summed E-state index contributed by atoms with van der Waals surface area (Å²) in [6.45, 7) is 7.20. The summed E-state index contributed by atoms with van der Waals surface area (Å²) in [4.78, 5) is 15.6. The Morgan fingerprint density at radius 3 is 2.24 bits per heavy atom. The van der Waals surface area contributed by atoms with E-state index < -0.39 is 15.4 Å². The van der Waals surface area contributed by atoms with Gasteiger partial charge in [-0.3, -0.25) is 9.69 Å². The molecule has 0 spiro atoms. The van der Waals surface area contributed by atoms with E-state index in [9.17, 15) is 13.2 Å². The van der Waals surface area contributed by atoms with E-state index in [4.69, 9.17) is 4.74 Å². The molecule has 0 aliphatic carbocycles. The number of benzene rings is 3. The highest BCUT2D eigenvalue weighted by molar-refractivity contribution is 7.89. The molecule has 0 saturated carbocycles. The maximum absolute atomic E-state index is 13.4. The highest BCUT2D eigenvalue weighted by Crippen LogP contribution is 2.32. The van der Waals surface area contributed by atoms with Crippen LogP contribution in [0.2, 0.25) is 0 Å². The van der Waals surface area contributed by atoms with E-state index in [2.05, 4.69) is 36.2 Å². The lowest BCUT2D eigenvalue weighted by Gasteiger charge is -2.42. The van der Waals surface area contributed by atoms with Crippen molar-refractivity contribution in [1.29, 1.82) is 0 Å². The van der Waals surface area contributed by atoms with Crippen molar-refractivity contribution in [2.75, 3.05) is 33.2 Å². The van der Waals surface area contributed by atoms with Crippen LogP contribution in [-0.4, -0.2) is 63.0 Å². The summed E-state index contributed by atoms with van der Waals surface area (Å²) < 4.78 is 33.9. The summed E-state index contributed by atoms with van der Waals surface area (Å²) in [6.07, 6.45) is 2.23. The Bertz CT molecular complexity index is 1340. The molecule has 1 N–H and O–H groups in total. The number of ether oxygens (including phenoxy) is 1. The predicted octanol–water partition coefficient (Wildman–Crippen LogP) is 5.05. The molecule has 1 unspecified atom stereocenters. The molecule has 1 aliphatic heterocycles. The van der Waals surface area contributed by atoms with Crippen molar-refractivity contribution in [3.8, 4) is 0 Å². The first kappa shape index (κ1) is 30.9. The number of esters is 1. The van der Waals surface area contributed by atoms with Crippen LogP contribution >= 0.6 is 0 Å². The van der Waals surface area contributed by atoms with E-state index in [1.54, 1.807) is 31.3 Å². The number of hydrogen-bond donors (Lipinski definition) is 1. The van der Waals surface area contributed by atoms with Gasteiger partial charge in [0, 0.05) is 32.1 Å². The van der Waals surface area contributed by atoms with E-state index >= 15 is 0 Å². The van der Waals surface area contributed by atoms with Gasteiger partial charge in [0.1, 0.15) is 6.61 Å². The van der Waals surface area contributed by atoms with Crippen LogP contribution in [0.4, 0.5) is 0 Å². The Kier molecular flexibility index (Phi) is 10.7. The molecule has 0 radical (unpaired) electrons.